The van der Waals surface area contributed by atoms with Gasteiger partial charge in [0, 0.05) is 19.1 Å². The van der Waals surface area contributed by atoms with Gasteiger partial charge in [-0.3, -0.25) is 4.79 Å². The lowest BCUT2D eigenvalue weighted by Gasteiger charge is -2.21. The van der Waals surface area contributed by atoms with E-state index in [9.17, 15) is 4.79 Å². The van der Waals surface area contributed by atoms with E-state index >= 15 is 0 Å². The van der Waals surface area contributed by atoms with Crippen molar-refractivity contribution in [2.24, 2.45) is 0 Å². The van der Waals surface area contributed by atoms with E-state index in [0.29, 0.717) is 32.1 Å². The molecule has 86 valence electrons. The summed E-state index contributed by atoms with van der Waals surface area (Å²) in [5.74, 6) is 0.0769. The minimum Gasteiger partial charge on any atom is -0.341 e. The summed E-state index contributed by atoms with van der Waals surface area (Å²) in [7, 11) is 0. The first-order valence-corrected chi connectivity index (χ1v) is 5.53. The van der Waals surface area contributed by atoms with Crippen LogP contribution in [-0.4, -0.2) is 36.5 Å². The van der Waals surface area contributed by atoms with E-state index in [4.69, 9.17) is 5.26 Å². The van der Waals surface area contributed by atoms with Gasteiger partial charge in [-0.15, -0.1) is 0 Å². The van der Waals surface area contributed by atoms with E-state index in [2.05, 4.69) is 19.2 Å². The highest BCUT2D eigenvalue weighted by atomic mass is 16.2. The molecule has 0 aliphatic rings. The lowest BCUT2D eigenvalue weighted by atomic mass is 10.2. The summed E-state index contributed by atoms with van der Waals surface area (Å²) in [6.45, 7) is 7.64. The van der Waals surface area contributed by atoms with Gasteiger partial charge >= 0.3 is 0 Å². The van der Waals surface area contributed by atoms with Crippen molar-refractivity contribution in [2.45, 2.75) is 39.7 Å². The summed E-state index contributed by atoms with van der Waals surface area (Å²) < 4.78 is 0. The zero-order valence-electron chi connectivity index (χ0n) is 9.92. The molecule has 0 aromatic heterocycles. The van der Waals surface area contributed by atoms with Crippen LogP contribution in [0, 0.1) is 11.3 Å². The van der Waals surface area contributed by atoms with Gasteiger partial charge in [0.05, 0.1) is 19.0 Å². The third kappa shape index (κ3) is 6.08. The maximum Gasteiger partial charge on any atom is 0.236 e. The van der Waals surface area contributed by atoms with Crippen LogP contribution >= 0.6 is 0 Å². The molecule has 1 unspecified atom stereocenters. The average Bonchev–Trinajstić information content (AvgIpc) is 2.26. The van der Waals surface area contributed by atoms with Gasteiger partial charge in [-0.25, -0.2) is 0 Å². The van der Waals surface area contributed by atoms with Crippen LogP contribution in [0.5, 0.6) is 0 Å². The number of hydrogen-bond donors (Lipinski definition) is 1. The van der Waals surface area contributed by atoms with E-state index < -0.39 is 0 Å². The molecule has 4 heteroatoms. The monoisotopic (exact) mass is 211 g/mol. The Kier molecular flexibility index (Phi) is 7.65. The number of amides is 1. The quantitative estimate of drug-likeness (QED) is 0.687. The fraction of sp³-hybridized carbons (Fsp3) is 0.818. The molecule has 15 heavy (non-hydrogen) atoms. The molecule has 0 heterocycles. The molecular formula is C11H21N3O. The molecular weight excluding hydrogens is 190 g/mol. The Bertz CT molecular complexity index is 222. The minimum atomic E-state index is 0.0769. The zero-order valence-corrected chi connectivity index (χ0v) is 9.92. The molecule has 1 N–H and O–H groups in total. The van der Waals surface area contributed by atoms with E-state index in [1.165, 1.54) is 0 Å². The number of likely N-dealkylation sites (N-methyl/N-ethyl adjacent to an activating group) is 1. The fourth-order valence-corrected chi connectivity index (χ4v) is 1.16. The van der Waals surface area contributed by atoms with Gasteiger partial charge in [-0.05, 0) is 20.3 Å². The smallest absolute Gasteiger partial charge is 0.236 e. The lowest BCUT2D eigenvalue weighted by molar-refractivity contribution is -0.130. The van der Waals surface area contributed by atoms with Crippen molar-refractivity contribution in [2.75, 3.05) is 19.6 Å². The van der Waals surface area contributed by atoms with Gasteiger partial charge in [-0.1, -0.05) is 6.92 Å². The second kappa shape index (κ2) is 8.25. The van der Waals surface area contributed by atoms with Gasteiger partial charge in [0.15, 0.2) is 0 Å². The van der Waals surface area contributed by atoms with Crippen LogP contribution in [0.2, 0.25) is 0 Å². The highest BCUT2D eigenvalue weighted by molar-refractivity contribution is 5.78. The normalized spacial score (nSPS) is 11.9. The SMILES string of the molecule is CCC(C)NCC(=O)N(CC)CCC#N. The maximum atomic E-state index is 11.7. The Balaban J connectivity index is 3.89. The molecule has 0 aliphatic carbocycles. The highest BCUT2D eigenvalue weighted by Gasteiger charge is 2.11. The molecule has 0 bridgehead atoms. The van der Waals surface area contributed by atoms with E-state index in [0.717, 1.165) is 6.42 Å². The van der Waals surface area contributed by atoms with Gasteiger partial charge in [-0.2, -0.15) is 5.26 Å². The second-order valence-corrected chi connectivity index (χ2v) is 3.57. The van der Waals surface area contributed by atoms with Gasteiger partial charge in [0.25, 0.3) is 0 Å². The van der Waals surface area contributed by atoms with Crippen LogP contribution in [0.3, 0.4) is 0 Å². The van der Waals surface area contributed by atoms with Crippen molar-refractivity contribution in [1.29, 1.82) is 5.26 Å². The number of carbonyl (C=O) groups is 1. The first-order valence-electron chi connectivity index (χ1n) is 5.53. The zero-order chi connectivity index (χ0) is 11.7. The van der Waals surface area contributed by atoms with Crippen molar-refractivity contribution in [3.63, 3.8) is 0 Å². The van der Waals surface area contributed by atoms with Gasteiger partial charge < -0.3 is 10.2 Å². The first kappa shape index (κ1) is 13.9. The summed E-state index contributed by atoms with van der Waals surface area (Å²) >= 11 is 0. The van der Waals surface area contributed by atoms with Crippen LogP contribution in [0.4, 0.5) is 0 Å². The molecule has 0 aliphatic heterocycles. The number of nitriles is 1. The van der Waals surface area contributed by atoms with Gasteiger partial charge in [0.2, 0.25) is 5.91 Å². The molecule has 1 atom stereocenters. The Labute approximate surface area is 92.3 Å². The molecule has 0 aromatic rings. The summed E-state index contributed by atoms with van der Waals surface area (Å²) in [6.07, 6.45) is 1.42. The van der Waals surface area contributed by atoms with Crippen molar-refractivity contribution < 1.29 is 4.79 Å². The van der Waals surface area contributed by atoms with E-state index in [1.807, 2.05) is 13.0 Å². The van der Waals surface area contributed by atoms with E-state index in [-0.39, 0.29) is 5.91 Å². The molecule has 0 saturated carbocycles. The van der Waals surface area contributed by atoms with Crippen molar-refractivity contribution in [1.82, 2.24) is 10.2 Å². The molecule has 0 rings (SSSR count). The Hall–Kier alpha value is -1.08. The van der Waals surface area contributed by atoms with Crippen LogP contribution in [0.25, 0.3) is 0 Å². The summed E-state index contributed by atoms with van der Waals surface area (Å²) in [4.78, 5) is 13.4. The number of hydrogen-bond acceptors (Lipinski definition) is 3. The van der Waals surface area contributed by atoms with Crippen LogP contribution in [0.1, 0.15) is 33.6 Å². The molecule has 0 fully saturated rings. The number of rotatable bonds is 7. The average molecular weight is 211 g/mol. The van der Waals surface area contributed by atoms with Crippen molar-refractivity contribution >= 4 is 5.91 Å². The topological polar surface area (TPSA) is 56.1 Å². The predicted octanol–water partition coefficient (Wildman–Crippen LogP) is 1.14. The first-order chi connectivity index (χ1) is 7.15. The lowest BCUT2D eigenvalue weighted by Crippen LogP contribution is -2.41. The number of nitrogens with zero attached hydrogens (tertiary/aromatic N) is 2. The third-order valence-corrected chi connectivity index (χ3v) is 2.44. The maximum absolute atomic E-state index is 11.7. The summed E-state index contributed by atoms with van der Waals surface area (Å²) in [5.41, 5.74) is 0. The Morgan fingerprint density at radius 2 is 2.20 bits per heavy atom. The number of nitrogens with one attached hydrogen (secondary N) is 1. The summed E-state index contributed by atoms with van der Waals surface area (Å²) in [6, 6.07) is 2.41. The number of carbonyl (C=O) groups excluding carboxylic acids is 1. The van der Waals surface area contributed by atoms with Crippen LogP contribution in [-0.2, 0) is 4.79 Å². The Morgan fingerprint density at radius 3 is 2.67 bits per heavy atom. The molecule has 0 aromatic carbocycles. The van der Waals surface area contributed by atoms with Gasteiger partial charge in [0.1, 0.15) is 0 Å². The molecule has 4 nitrogen and oxygen atoms in total. The standard InChI is InChI=1S/C11H21N3O/c1-4-10(3)13-9-11(15)14(5-2)8-6-7-12/h10,13H,4-6,8-9H2,1-3H3. The summed E-state index contributed by atoms with van der Waals surface area (Å²) in [5, 5.41) is 11.6. The minimum absolute atomic E-state index is 0.0769. The second-order valence-electron chi connectivity index (χ2n) is 3.57. The predicted molar refractivity (Wildman–Crippen MR) is 60.2 cm³/mol. The molecule has 0 spiro atoms. The fourth-order valence-electron chi connectivity index (χ4n) is 1.16. The van der Waals surface area contributed by atoms with Crippen molar-refractivity contribution in [3.8, 4) is 6.07 Å². The van der Waals surface area contributed by atoms with E-state index in [1.54, 1.807) is 4.90 Å². The van der Waals surface area contributed by atoms with Crippen LogP contribution < -0.4 is 5.32 Å². The molecule has 1 amide bonds. The Morgan fingerprint density at radius 1 is 1.53 bits per heavy atom. The van der Waals surface area contributed by atoms with Crippen LogP contribution in [0.15, 0.2) is 0 Å². The van der Waals surface area contributed by atoms with Crippen molar-refractivity contribution in [3.05, 3.63) is 0 Å². The third-order valence-electron chi connectivity index (χ3n) is 2.44. The molecule has 0 saturated heterocycles. The highest BCUT2D eigenvalue weighted by Crippen LogP contribution is 1.93. The largest absolute Gasteiger partial charge is 0.341 e. The molecule has 0 radical (unpaired) electrons.